The molecule has 6 heteroatoms. The Balaban J connectivity index is 1.71. The number of benzene rings is 2. The van der Waals surface area contributed by atoms with E-state index in [1.807, 2.05) is 23.1 Å². The normalized spacial score (nSPS) is 17.3. The van der Waals surface area contributed by atoms with Gasteiger partial charge in [0.05, 0.1) is 7.11 Å². The average Bonchev–Trinajstić information content (AvgIpc) is 2.73. The zero-order valence-corrected chi connectivity index (χ0v) is 17.9. The van der Waals surface area contributed by atoms with Crippen LogP contribution in [0, 0.1) is 0 Å². The number of nitrogens with zero attached hydrogens (tertiary/aromatic N) is 1. The Hall–Kier alpha value is -2.44. The molecule has 0 saturated heterocycles. The Morgan fingerprint density at radius 2 is 1.62 bits per heavy atom. The van der Waals surface area contributed by atoms with Crippen molar-refractivity contribution in [1.82, 2.24) is 4.90 Å². The van der Waals surface area contributed by atoms with Gasteiger partial charge in [-0.25, -0.2) is 8.42 Å². The molecule has 1 aliphatic heterocycles. The number of carbonyl (C=O) groups is 1. The van der Waals surface area contributed by atoms with Gasteiger partial charge < -0.3 is 4.74 Å². The van der Waals surface area contributed by atoms with Gasteiger partial charge in [0, 0.05) is 25.9 Å². The monoisotopic (exact) mass is 413 g/mol. The fourth-order valence-corrected chi connectivity index (χ4v) is 4.40. The van der Waals surface area contributed by atoms with Crippen molar-refractivity contribution < 1.29 is 17.9 Å². The van der Waals surface area contributed by atoms with Crippen molar-refractivity contribution in [1.29, 1.82) is 0 Å². The number of methoxy groups -OCH3 is 1. The van der Waals surface area contributed by atoms with Crippen molar-refractivity contribution in [2.24, 2.45) is 0 Å². The number of hydrogen-bond donors (Lipinski definition) is 0. The van der Waals surface area contributed by atoms with Crippen molar-refractivity contribution in [3.63, 3.8) is 0 Å². The zero-order chi connectivity index (χ0) is 21.1. The zero-order valence-electron chi connectivity index (χ0n) is 17.1. The Morgan fingerprint density at radius 1 is 1.03 bits per heavy atom. The minimum absolute atomic E-state index is 0.120. The van der Waals surface area contributed by atoms with E-state index in [-0.39, 0.29) is 6.54 Å². The van der Waals surface area contributed by atoms with E-state index in [0.29, 0.717) is 13.1 Å². The molecule has 154 valence electrons. The second-order valence-corrected chi connectivity index (χ2v) is 10.1. The molecule has 2 aromatic carbocycles. The van der Waals surface area contributed by atoms with Gasteiger partial charge in [-0.2, -0.15) is 0 Å². The third-order valence-corrected chi connectivity index (χ3v) is 7.55. The first kappa shape index (κ1) is 21.3. The molecule has 0 aromatic heterocycles. The second kappa shape index (κ2) is 8.51. The summed E-state index contributed by atoms with van der Waals surface area (Å²) in [5.41, 5.74) is 4.77. The number of ether oxygens (including phenoxy) is 1. The molecule has 1 heterocycles. The van der Waals surface area contributed by atoms with Crippen molar-refractivity contribution in [3.8, 4) is 11.1 Å². The second-order valence-electron chi connectivity index (χ2n) is 7.65. The summed E-state index contributed by atoms with van der Waals surface area (Å²) in [6.45, 7) is 2.84. The Morgan fingerprint density at radius 3 is 2.14 bits per heavy atom. The predicted octanol–water partition coefficient (Wildman–Crippen LogP) is 3.42. The summed E-state index contributed by atoms with van der Waals surface area (Å²) in [6.07, 6.45) is 4.00. The average molecular weight is 414 g/mol. The molecule has 1 atom stereocenters. The molecule has 2 aromatic rings. The van der Waals surface area contributed by atoms with Gasteiger partial charge in [0.25, 0.3) is 0 Å². The number of hydrogen-bond acceptors (Lipinski definition) is 5. The van der Waals surface area contributed by atoms with Gasteiger partial charge in [-0.3, -0.25) is 9.69 Å². The van der Waals surface area contributed by atoms with Crippen LogP contribution in [0.4, 0.5) is 0 Å². The highest BCUT2D eigenvalue weighted by atomic mass is 32.2. The number of esters is 1. The topological polar surface area (TPSA) is 63.7 Å². The maximum atomic E-state index is 12.2. The molecule has 0 N–H and O–H groups in total. The SMILES string of the molecule is COC(=O)C(C)(CN1CC=C(c2ccc(-c3ccccc3)cc2)CC1)S(C)(=O)=O. The summed E-state index contributed by atoms with van der Waals surface area (Å²) < 4.78 is 27.6. The lowest BCUT2D eigenvalue weighted by atomic mass is 9.96. The highest BCUT2D eigenvalue weighted by Crippen LogP contribution is 2.28. The van der Waals surface area contributed by atoms with Crippen molar-refractivity contribution in [3.05, 3.63) is 66.2 Å². The maximum Gasteiger partial charge on any atom is 0.328 e. The smallest absolute Gasteiger partial charge is 0.328 e. The maximum absolute atomic E-state index is 12.2. The van der Waals surface area contributed by atoms with Crippen molar-refractivity contribution >= 4 is 21.4 Å². The molecule has 5 nitrogen and oxygen atoms in total. The van der Waals surface area contributed by atoms with E-state index in [1.54, 1.807) is 0 Å². The lowest BCUT2D eigenvalue weighted by molar-refractivity contribution is -0.143. The van der Waals surface area contributed by atoms with Gasteiger partial charge in [0.2, 0.25) is 0 Å². The van der Waals surface area contributed by atoms with Gasteiger partial charge in [0.15, 0.2) is 14.6 Å². The van der Waals surface area contributed by atoms with Crippen LogP contribution in [0.1, 0.15) is 18.9 Å². The molecule has 1 unspecified atom stereocenters. The Kier molecular flexibility index (Phi) is 6.24. The molecule has 1 aliphatic rings. The van der Waals surface area contributed by atoms with Gasteiger partial charge >= 0.3 is 5.97 Å². The lowest BCUT2D eigenvalue weighted by Gasteiger charge is -2.33. The highest BCUT2D eigenvalue weighted by Gasteiger charge is 2.46. The summed E-state index contributed by atoms with van der Waals surface area (Å²) >= 11 is 0. The molecule has 0 amide bonds. The molecular formula is C23H27NO4S. The standard InChI is InChI=1S/C23H27NO4S/c1-23(22(25)28-2,29(3,26)27)17-24-15-13-21(14-16-24)20-11-9-19(10-12-20)18-7-5-4-6-8-18/h4-13H,14-17H2,1-3H3. The molecule has 0 spiro atoms. The van der Waals surface area contributed by atoms with E-state index >= 15 is 0 Å². The van der Waals surface area contributed by atoms with Gasteiger partial charge in [0.1, 0.15) is 0 Å². The Labute approximate surface area is 172 Å². The molecule has 0 fully saturated rings. The summed E-state index contributed by atoms with van der Waals surface area (Å²) in [4.78, 5) is 14.1. The minimum Gasteiger partial charge on any atom is -0.468 e. The van der Waals surface area contributed by atoms with Crippen molar-refractivity contribution in [2.45, 2.75) is 18.1 Å². The van der Waals surface area contributed by atoms with Crippen LogP contribution in [0.5, 0.6) is 0 Å². The third-order valence-electron chi connectivity index (χ3n) is 5.62. The van der Waals surface area contributed by atoms with E-state index in [9.17, 15) is 13.2 Å². The lowest BCUT2D eigenvalue weighted by Crippen LogP contribution is -2.53. The van der Waals surface area contributed by atoms with E-state index < -0.39 is 20.6 Å². The summed E-state index contributed by atoms with van der Waals surface area (Å²) in [6, 6.07) is 18.7. The predicted molar refractivity (Wildman–Crippen MR) is 116 cm³/mol. The summed E-state index contributed by atoms with van der Waals surface area (Å²) in [5.74, 6) is -0.716. The molecule has 0 saturated carbocycles. The number of sulfone groups is 1. The van der Waals surface area contributed by atoms with Crippen LogP contribution < -0.4 is 0 Å². The molecular weight excluding hydrogens is 386 g/mol. The van der Waals surface area contributed by atoms with Crippen LogP contribution in [0.25, 0.3) is 16.7 Å². The van der Waals surface area contributed by atoms with E-state index in [4.69, 9.17) is 4.74 Å². The van der Waals surface area contributed by atoms with E-state index in [2.05, 4.69) is 42.5 Å². The minimum atomic E-state index is -3.61. The molecule has 3 rings (SSSR count). The van der Waals surface area contributed by atoms with Crippen LogP contribution in [-0.2, 0) is 19.4 Å². The molecule has 0 radical (unpaired) electrons. The van der Waals surface area contributed by atoms with E-state index in [1.165, 1.54) is 36.3 Å². The summed E-state index contributed by atoms with van der Waals surface area (Å²) in [5, 5.41) is 0. The summed E-state index contributed by atoms with van der Waals surface area (Å²) in [7, 11) is -2.39. The first-order valence-corrected chi connectivity index (χ1v) is 11.5. The van der Waals surface area contributed by atoms with Gasteiger partial charge in [-0.1, -0.05) is 60.7 Å². The third kappa shape index (κ3) is 4.60. The Bertz CT molecular complexity index is 997. The molecule has 0 aliphatic carbocycles. The van der Waals surface area contributed by atoms with Gasteiger partial charge in [-0.05, 0) is 35.6 Å². The van der Waals surface area contributed by atoms with Gasteiger partial charge in [-0.15, -0.1) is 0 Å². The van der Waals surface area contributed by atoms with Crippen molar-refractivity contribution in [2.75, 3.05) is 33.0 Å². The van der Waals surface area contributed by atoms with Crippen LogP contribution >= 0.6 is 0 Å². The van der Waals surface area contributed by atoms with Crippen LogP contribution in [0.2, 0.25) is 0 Å². The first-order valence-electron chi connectivity index (χ1n) is 9.60. The quantitative estimate of drug-likeness (QED) is 0.679. The number of rotatable bonds is 6. The van der Waals surface area contributed by atoms with Crippen LogP contribution in [-0.4, -0.2) is 57.0 Å². The number of carbonyl (C=O) groups excluding carboxylic acids is 1. The first-order chi connectivity index (χ1) is 13.7. The van der Waals surface area contributed by atoms with Crippen LogP contribution in [0.3, 0.4) is 0 Å². The van der Waals surface area contributed by atoms with Crippen LogP contribution in [0.15, 0.2) is 60.7 Å². The molecule has 0 bridgehead atoms. The fraction of sp³-hybridized carbons (Fsp3) is 0.348. The molecule has 29 heavy (non-hydrogen) atoms. The largest absolute Gasteiger partial charge is 0.468 e. The fourth-order valence-electron chi connectivity index (χ4n) is 3.60. The highest BCUT2D eigenvalue weighted by molar-refractivity contribution is 7.92. The van der Waals surface area contributed by atoms with E-state index in [0.717, 1.165) is 12.7 Å².